The van der Waals surface area contributed by atoms with Crippen LogP contribution in [0.25, 0.3) is 0 Å². The predicted octanol–water partition coefficient (Wildman–Crippen LogP) is 0.984. The number of rotatable bonds is 10. The first-order valence-electron chi connectivity index (χ1n) is 6.06. The van der Waals surface area contributed by atoms with Crippen molar-refractivity contribution in [3.05, 3.63) is 22.4 Å². The second-order valence-corrected chi connectivity index (χ2v) is 6.78. The molecule has 1 rings (SSSR count). The first-order valence-corrected chi connectivity index (χ1v) is 8.43. The molecule has 0 saturated heterocycles. The van der Waals surface area contributed by atoms with Gasteiger partial charge in [0, 0.05) is 40.3 Å². The molecule has 2 unspecified atom stereocenters. The zero-order valence-electron chi connectivity index (χ0n) is 10.6. The summed E-state index contributed by atoms with van der Waals surface area (Å²) < 4.78 is 16.5. The number of aliphatic hydroxyl groups excluding tert-OH is 1. The molecule has 1 aromatic rings. The van der Waals surface area contributed by atoms with Crippen LogP contribution in [-0.4, -0.2) is 46.6 Å². The fourth-order valence-electron chi connectivity index (χ4n) is 1.35. The zero-order valence-corrected chi connectivity index (χ0v) is 12.3. The molecule has 18 heavy (non-hydrogen) atoms. The lowest BCUT2D eigenvalue weighted by Crippen LogP contribution is -2.32. The Balaban J connectivity index is 1.97. The molecule has 2 N–H and O–H groups in total. The fraction of sp³-hybridized carbons (Fsp3) is 0.667. The van der Waals surface area contributed by atoms with Gasteiger partial charge in [0.05, 0.1) is 19.3 Å². The van der Waals surface area contributed by atoms with E-state index in [-0.39, 0.29) is 0 Å². The SMILES string of the molecule is CCS(=O)CCNCC(O)COCc1cccs1. The molecule has 1 aromatic heterocycles. The van der Waals surface area contributed by atoms with Crippen LogP contribution in [0.2, 0.25) is 0 Å². The van der Waals surface area contributed by atoms with Gasteiger partial charge in [-0.2, -0.15) is 0 Å². The lowest BCUT2D eigenvalue weighted by atomic mass is 10.4. The first-order chi connectivity index (χ1) is 8.72. The fourth-order valence-corrected chi connectivity index (χ4v) is 2.65. The van der Waals surface area contributed by atoms with Crippen LogP contribution in [0.15, 0.2) is 17.5 Å². The van der Waals surface area contributed by atoms with Gasteiger partial charge in [-0.05, 0) is 11.4 Å². The summed E-state index contributed by atoms with van der Waals surface area (Å²) >= 11 is 1.65. The van der Waals surface area contributed by atoms with Gasteiger partial charge in [0.1, 0.15) is 0 Å². The van der Waals surface area contributed by atoms with Crippen molar-refractivity contribution in [3.63, 3.8) is 0 Å². The molecule has 0 fully saturated rings. The molecule has 2 atom stereocenters. The van der Waals surface area contributed by atoms with Crippen molar-refractivity contribution in [1.82, 2.24) is 5.32 Å². The molecule has 0 spiro atoms. The highest BCUT2D eigenvalue weighted by Crippen LogP contribution is 2.09. The Hall–Kier alpha value is -0.270. The van der Waals surface area contributed by atoms with E-state index in [0.717, 1.165) is 4.88 Å². The van der Waals surface area contributed by atoms with E-state index in [1.807, 2.05) is 24.4 Å². The van der Waals surface area contributed by atoms with Crippen molar-refractivity contribution >= 4 is 22.1 Å². The summed E-state index contributed by atoms with van der Waals surface area (Å²) in [7, 11) is -0.741. The van der Waals surface area contributed by atoms with E-state index in [4.69, 9.17) is 4.74 Å². The van der Waals surface area contributed by atoms with Crippen molar-refractivity contribution in [2.45, 2.75) is 19.6 Å². The molecule has 0 aliphatic carbocycles. The minimum absolute atomic E-state index is 0.321. The van der Waals surface area contributed by atoms with Crippen LogP contribution in [0.1, 0.15) is 11.8 Å². The van der Waals surface area contributed by atoms with Gasteiger partial charge in [-0.3, -0.25) is 4.21 Å². The average Bonchev–Trinajstić information content (AvgIpc) is 2.87. The molecule has 0 aliphatic heterocycles. The minimum atomic E-state index is -0.741. The van der Waals surface area contributed by atoms with Gasteiger partial charge in [0.15, 0.2) is 0 Å². The summed E-state index contributed by atoms with van der Waals surface area (Å²) in [6, 6.07) is 3.99. The normalized spacial score (nSPS) is 14.6. The van der Waals surface area contributed by atoms with Crippen molar-refractivity contribution in [2.24, 2.45) is 0 Å². The van der Waals surface area contributed by atoms with Crippen molar-refractivity contribution in [3.8, 4) is 0 Å². The third kappa shape index (κ3) is 7.23. The van der Waals surface area contributed by atoms with Crippen LogP contribution in [-0.2, 0) is 22.1 Å². The monoisotopic (exact) mass is 291 g/mol. The van der Waals surface area contributed by atoms with Gasteiger partial charge in [0.25, 0.3) is 0 Å². The summed E-state index contributed by atoms with van der Waals surface area (Å²) in [6.45, 7) is 3.92. The van der Waals surface area contributed by atoms with Gasteiger partial charge in [0.2, 0.25) is 0 Å². The van der Waals surface area contributed by atoms with Crippen LogP contribution in [0.5, 0.6) is 0 Å². The van der Waals surface area contributed by atoms with Gasteiger partial charge < -0.3 is 15.2 Å². The van der Waals surface area contributed by atoms with E-state index in [9.17, 15) is 9.32 Å². The number of hydrogen-bond acceptors (Lipinski definition) is 5. The van der Waals surface area contributed by atoms with E-state index in [0.29, 0.717) is 37.8 Å². The van der Waals surface area contributed by atoms with E-state index in [1.54, 1.807) is 11.3 Å². The molecule has 0 aromatic carbocycles. The molecule has 0 radical (unpaired) electrons. The summed E-state index contributed by atoms with van der Waals surface area (Å²) in [4.78, 5) is 1.16. The van der Waals surface area contributed by atoms with Gasteiger partial charge in [-0.25, -0.2) is 0 Å². The summed E-state index contributed by atoms with van der Waals surface area (Å²) in [5.41, 5.74) is 0. The Morgan fingerprint density at radius 1 is 1.61 bits per heavy atom. The third-order valence-electron chi connectivity index (χ3n) is 2.34. The molecular weight excluding hydrogens is 270 g/mol. The maximum Gasteiger partial charge on any atom is 0.0897 e. The highest BCUT2D eigenvalue weighted by molar-refractivity contribution is 7.84. The Labute approximate surface area is 115 Å². The molecule has 0 amide bonds. The Kier molecular flexibility index (Phi) is 8.45. The average molecular weight is 291 g/mol. The molecular formula is C12H21NO3S2. The molecule has 1 heterocycles. The molecule has 0 saturated carbocycles. The number of aliphatic hydroxyl groups is 1. The van der Waals surface area contributed by atoms with Crippen LogP contribution in [0, 0.1) is 0 Å². The van der Waals surface area contributed by atoms with Crippen LogP contribution >= 0.6 is 11.3 Å². The molecule has 0 aliphatic rings. The van der Waals surface area contributed by atoms with E-state index in [2.05, 4.69) is 5.32 Å². The standard InChI is InChI=1S/C12H21NO3S2/c1-2-18(15)7-5-13-8-11(14)9-16-10-12-4-3-6-17-12/h3-4,6,11,13-14H,2,5,7-10H2,1H3. The molecule has 6 heteroatoms. The van der Waals surface area contributed by atoms with Crippen LogP contribution in [0.3, 0.4) is 0 Å². The second kappa shape index (κ2) is 9.63. The zero-order chi connectivity index (χ0) is 13.2. The topological polar surface area (TPSA) is 58.6 Å². The Morgan fingerprint density at radius 3 is 3.11 bits per heavy atom. The highest BCUT2D eigenvalue weighted by Gasteiger charge is 2.04. The van der Waals surface area contributed by atoms with Crippen LogP contribution in [0.4, 0.5) is 0 Å². The Bertz CT molecular complexity index is 330. The quantitative estimate of drug-likeness (QED) is 0.631. The lowest BCUT2D eigenvalue weighted by Gasteiger charge is -2.11. The van der Waals surface area contributed by atoms with E-state index >= 15 is 0 Å². The molecule has 0 bridgehead atoms. The van der Waals surface area contributed by atoms with Crippen molar-refractivity contribution < 1.29 is 14.1 Å². The van der Waals surface area contributed by atoms with Crippen molar-refractivity contribution in [2.75, 3.05) is 31.2 Å². The van der Waals surface area contributed by atoms with Gasteiger partial charge >= 0.3 is 0 Å². The number of ether oxygens (including phenoxy) is 1. The van der Waals surface area contributed by atoms with E-state index < -0.39 is 16.9 Å². The largest absolute Gasteiger partial charge is 0.389 e. The first kappa shape index (κ1) is 15.8. The second-order valence-electron chi connectivity index (χ2n) is 3.89. The molecule has 4 nitrogen and oxygen atoms in total. The Morgan fingerprint density at radius 2 is 2.44 bits per heavy atom. The van der Waals surface area contributed by atoms with Crippen molar-refractivity contribution in [1.29, 1.82) is 0 Å². The van der Waals surface area contributed by atoms with Gasteiger partial charge in [-0.15, -0.1) is 11.3 Å². The number of hydrogen-bond donors (Lipinski definition) is 2. The summed E-state index contributed by atoms with van der Waals surface area (Å²) in [5, 5.41) is 14.7. The lowest BCUT2D eigenvalue weighted by molar-refractivity contribution is 0.0301. The summed E-state index contributed by atoms with van der Waals surface area (Å²) in [5.74, 6) is 1.33. The maximum atomic E-state index is 11.1. The van der Waals surface area contributed by atoms with Crippen LogP contribution < -0.4 is 5.32 Å². The summed E-state index contributed by atoms with van der Waals surface area (Å²) in [6.07, 6.45) is -0.514. The van der Waals surface area contributed by atoms with E-state index in [1.165, 1.54) is 0 Å². The highest BCUT2D eigenvalue weighted by atomic mass is 32.2. The molecule has 104 valence electrons. The minimum Gasteiger partial charge on any atom is -0.389 e. The van der Waals surface area contributed by atoms with Gasteiger partial charge in [-0.1, -0.05) is 13.0 Å². The number of thiophene rings is 1. The predicted molar refractivity (Wildman–Crippen MR) is 76.4 cm³/mol. The number of nitrogens with one attached hydrogen (secondary N) is 1. The maximum absolute atomic E-state index is 11.1. The smallest absolute Gasteiger partial charge is 0.0897 e. The third-order valence-corrected chi connectivity index (χ3v) is 4.50.